The second kappa shape index (κ2) is 5.40. The lowest BCUT2D eigenvalue weighted by atomic mass is 10.3. The van der Waals surface area contributed by atoms with E-state index in [0.717, 1.165) is 5.69 Å². The number of hydrogen-bond acceptors (Lipinski definition) is 2. The number of halogens is 1. The largest absolute Gasteiger partial charge is 0.370 e. The molecule has 0 saturated carbocycles. The van der Waals surface area contributed by atoms with Crippen LogP contribution in [0.15, 0.2) is 46.6 Å². The summed E-state index contributed by atoms with van der Waals surface area (Å²) in [6.45, 7) is 0. The Hall–Kier alpha value is -2.54. The highest BCUT2D eigenvalue weighted by atomic mass is 35.5. The Kier molecular flexibility index (Phi) is 3.67. The minimum absolute atomic E-state index is 0.00474. The van der Waals surface area contributed by atoms with Crippen LogP contribution in [0, 0.1) is 0 Å². The lowest BCUT2D eigenvalue weighted by Crippen LogP contribution is -2.26. The van der Waals surface area contributed by atoms with Crippen LogP contribution in [0.2, 0.25) is 5.02 Å². The van der Waals surface area contributed by atoms with Gasteiger partial charge in [-0.3, -0.25) is 0 Å². The van der Waals surface area contributed by atoms with Crippen LogP contribution in [-0.4, -0.2) is 21.7 Å². The fourth-order valence-corrected chi connectivity index (χ4v) is 1.55. The molecule has 0 aliphatic heterocycles. The number of rotatable bonds is 2. The first-order valence-electron chi connectivity index (χ1n) is 5.29. The van der Waals surface area contributed by atoms with Gasteiger partial charge in [-0.05, 0) is 24.3 Å². The van der Waals surface area contributed by atoms with Gasteiger partial charge in [0.2, 0.25) is 5.96 Å². The average molecular weight is 278 g/mol. The standard InChI is InChI=1S/C11H12ClN7/c12-7-5-16-19(6-7)9-3-1-8(2-4-9)17-11(15)18-10(13)14/h1-6H,(H6,13,14,15,17,18). The summed E-state index contributed by atoms with van der Waals surface area (Å²) in [7, 11) is 0. The summed E-state index contributed by atoms with van der Waals surface area (Å²) in [5, 5.41) is 4.65. The van der Waals surface area contributed by atoms with Crippen molar-refractivity contribution < 1.29 is 0 Å². The third-order valence-electron chi connectivity index (χ3n) is 2.15. The molecule has 0 spiro atoms. The second-order valence-corrected chi connectivity index (χ2v) is 4.06. The third kappa shape index (κ3) is 3.46. The SMILES string of the molecule is NC(N)=NC(N)=Nc1ccc(-n2cc(Cl)cn2)cc1. The predicted octanol–water partition coefficient (Wildman–Crippen LogP) is 0.745. The molecule has 1 heterocycles. The van der Waals surface area contributed by atoms with Crippen molar-refractivity contribution in [3.05, 3.63) is 41.7 Å². The minimum atomic E-state index is -0.135. The number of benzene rings is 1. The van der Waals surface area contributed by atoms with E-state index in [1.165, 1.54) is 0 Å². The van der Waals surface area contributed by atoms with Crippen molar-refractivity contribution in [2.75, 3.05) is 0 Å². The molecule has 0 bridgehead atoms. The van der Waals surface area contributed by atoms with E-state index in [2.05, 4.69) is 15.1 Å². The van der Waals surface area contributed by atoms with Gasteiger partial charge in [0.15, 0.2) is 5.96 Å². The van der Waals surface area contributed by atoms with E-state index >= 15 is 0 Å². The molecular weight excluding hydrogens is 266 g/mol. The smallest absolute Gasteiger partial charge is 0.223 e. The zero-order valence-corrected chi connectivity index (χ0v) is 10.6. The molecule has 2 aromatic rings. The summed E-state index contributed by atoms with van der Waals surface area (Å²) in [5.41, 5.74) is 17.4. The second-order valence-electron chi connectivity index (χ2n) is 3.63. The van der Waals surface area contributed by atoms with Crippen LogP contribution in [0.3, 0.4) is 0 Å². The van der Waals surface area contributed by atoms with Gasteiger partial charge in [-0.15, -0.1) is 0 Å². The van der Waals surface area contributed by atoms with E-state index in [9.17, 15) is 0 Å². The highest BCUT2D eigenvalue weighted by Gasteiger charge is 1.99. The van der Waals surface area contributed by atoms with Crippen molar-refractivity contribution in [2.45, 2.75) is 0 Å². The van der Waals surface area contributed by atoms with Gasteiger partial charge in [0, 0.05) is 6.20 Å². The molecule has 1 aromatic heterocycles. The number of aromatic nitrogens is 2. The van der Waals surface area contributed by atoms with Gasteiger partial charge in [0.25, 0.3) is 0 Å². The van der Waals surface area contributed by atoms with Crippen molar-refractivity contribution in [3.8, 4) is 5.69 Å². The molecule has 98 valence electrons. The Labute approximate surface area is 114 Å². The van der Waals surface area contributed by atoms with Gasteiger partial charge < -0.3 is 17.2 Å². The van der Waals surface area contributed by atoms with E-state index < -0.39 is 0 Å². The summed E-state index contributed by atoms with van der Waals surface area (Å²) >= 11 is 5.80. The molecule has 0 atom stereocenters. The first-order chi connectivity index (χ1) is 9.04. The zero-order chi connectivity index (χ0) is 13.8. The van der Waals surface area contributed by atoms with E-state index in [-0.39, 0.29) is 11.9 Å². The molecule has 0 saturated heterocycles. The quantitative estimate of drug-likeness (QED) is 0.554. The molecule has 0 aliphatic carbocycles. The van der Waals surface area contributed by atoms with E-state index in [1.54, 1.807) is 29.2 Å². The van der Waals surface area contributed by atoms with Crippen LogP contribution < -0.4 is 17.2 Å². The molecule has 0 amide bonds. The van der Waals surface area contributed by atoms with Gasteiger partial charge >= 0.3 is 0 Å². The molecule has 0 unspecified atom stereocenters. The Morgan fingerprint density at radius 2 is 1.84 bits per heavy atom. The topological polar surface area (TPSA) is 121 Å². The fraction of sp³-hybridized carbons (Fsp3) is 0. The molecule has 0 radical (unpaired) electrons. The van der Waals surface area contributed by atoms with E-state index in [0.29, 0.717) is 10.7 Å². The molecule has 0 fully saturated rings. The minimum Gasteiger partial charge on any atom is -0.370 e. The van der Waals surface area contributed by atoms with Crippen LogP contribution in [0.25, 0.3) is 5.69 Å². The number of nitrogens with two attached hydrogens (primary N) is 3. The molecule has 2 rings (SSSR count). The van der Waals surface area contributed by atoms with Gasteiger partial charge in [-0.2, -0.15) is 10.1 Å². The summed E-state index contributed by atoms with van der Waals surface area (Å²) in [6, 6.07) is 7.18. The van der Waals surface area contributed by atoms with Crippen LogP contribution in [0.4, 0.5) is 5.69 Å². The number of aliphatic imine (C=N–C) groups is 2. The van der Waals surface area contributed by atoms with Gasteiger partial charge in [-0.1, -0.05) is 11.6 Å². The van der Waals surface area contributed by atoms with E-state index in [1.807, 2.05) is 12.1 Å². The molecule has 0 aliphatic rings. The van der Waals surface area contributed by atoms with Gasteiger partial charge in [-0.25, -0.2) is 9.67 Å². The molecule has 7 nitrogen and oxygen atoms in total. The third-order valence-corrected chi connectivity index (χ3v) is 2.35. The Balaban J connectivity index is 2.22. The summed E-state index contributed by atoms with van der Waals surface area (Å²) < 4.78 is 1.65. The maximum Gasteiger partial charge on any atom is 0.223 e. The fourth-order valence-electron chi connectivity index (χ4n) is 1.41. The summed E-state index contributed by atoms with van der Waals surface area (Å²) in [4.78, 5) is 7.65. The first-order valence-corrected chi connectivity index (χ1v) is 5.67. The lowest BCUT2D eigenvalue weighted by Gasteiger charge is -2.01. The normalized spacial score (nSPS) is 11.3. The Morgan fingerprint density at radius 1 is 1.16 bits per heavy atom. The number of hydrogen-bond donors (Lipinski definition) is 3. The Morgan fingerprint density at radius 3 is 2.37 bits per heavy atom. The lowest BCUT2D eigenvalue weighted by molar-refractivity contribution is 0.880. The Bertz CT molecular complexity index is 623. The summed E-state index contributed by atoms with van der Waals surface area (Å²) in [5.74, 6) is -0.140. The van der Waals surface area contributed by atoms with Gasteiger partial charge in [0.1, 0.15) is 0 Å². The van der Waals surface area contributed by atoms with Crippen LogP contribution in [0.5, 0.6) is 0 Å². The zero-order valence-electron chi connectivity index (χ0n) is 9.86. The van der Waals surface area contributed by atoms with Gasteiger partial charge in [0.05, 0.1) is 22.6 Å². The van der Waals surface area contributed by atoms with Crippen LogP contribution >= 0.6 is 11.6 Å². The monoisotopic (exact) mass is 277 g/mol. The molecule has 6 N–H and O–H groups in total. The molecular formula is C11H12ClN7. The number of nitrogens with zero attached hydrogens (tertiary/aromatic N) is 4. The van der Waals surface area contributed by atoms with Crippen molar-refractivity contribution in [1.29, 1.82) is 0 Å². The molecule has 19 heavy (non-hydrogen) atoms. The number of guanidine groups is 2. The van der Waals surface area contributed by atoms with Crippen molar-refractivity contribution in [1.82, 2.24) is 9.78 Å². The highest BCUT2D eigenvalue weighted by Crippen LogP contribution is 2.17. The van der Waals surface area contributed by atoms with Crippen LogP contribution in [-0.2, 0) is 0 Å². The highest BCUT2D eigenvalue weighted by molar-refractivity contribution is 6.30. The van der Waals surface area contributed by atoms with Crippen LogP contribution in [0.1, 0.15) is 0 Å². The van der Waals surface area contributed by atoms with Crippen molar-refractivity contribution in [2.24, 2.45) is 27.2 Å². The maximum absolute atomic E-state index is 5.80. The first kappa shape index (κ1) is 12.9. The predicted molar refractivity (Wildman–Crippen MR) is 75.7 cm³/mol. The molecule has 8 heteroatoms. The molecule has 1 aromatic carbocycles. The maximum atomic E-state index is 5.80. The average Bonchev–Trinajstić information content (AvgIpc) is 2.75. The van der Waals surface area contributed by atoms with E-state index in [4.69, 9.17) is 28.8 Å². The summed E-state index contributed by atoms with van der Waals surface area (Å²) in [6.07, 6.45) is 3.26. The van der Waals surface area contributed by atoms with Crippen molar-refractivity contribution in [3.63, 3.8) is 0 Å². The van der Waals surface area contributed by atoms with Crippen molar-refractivity contribution >= 4 is 29.2 Å².